The maximum atomic E-state index is 13.2. The molecule has 35 heavy (non-hydrogen) atoms. The summed E-state index contributed by atoms with van der Waals surface area (Å²) in [5.41, 5.74) is 2.53. The Morgan fingerprint density at radius 1 is 1.00 bits per heavy atom. The summed E-state index contributed by atoms with van der Waals surface area (Å²) in [5.74, 6) is -2.03. The molecule has 2 fully saturated rings. The second kappa shape index (κ2) is 10.8. The molecule has 2 heterocycles. The molecule has 2 aliphatic rings. The van der Waals surface area contributed by atoms with E-state index in [1.165, 1.54) is 12.0 Å². The maximum Gasteiger partial charge on any atom is 0.337 e. The van der Waals surface area contributed by atoms with Gasteiger partial charge in [-0.05, 0) is 31.0 Å². The molecule has 0 aromatic heterocycles. The average Bonchev–Trinajstić information content (AvgIpc) is 3.14. The molecule has 8 heteroatoms. The van der Waals surface area contributed by atoms with E-state index in [-0.39, 0.29) is 11.3 Å². The zero-order valence-electron chi connectivity index (χ0n) is 20.0. The lowest BCUT2D eigenvalue weighted by molar-refractivity contribution is -0.140. The number of carbonyl (C=O) groups excluding carboxylic acids is 3. The highest BCUT2D eigenvalue weighted by atomic mass is 16.5. The normalized spacial score (nSPS) is 20.3. The lowest BCUT2D eigenvalue weighted by Gasteiger charge is -2.29. The first-order valence-corrected chi connectivity index (χ1v) is 11.7. The predicted octanol–water partition coefficient (Wildman–Crippen LogP) is 2.93. The number of ketones is 1. The molecule has 2 aromatic carbocycles. The minimum atomic E-state index is -0.757. The van der Waals surface area contributed by atoms with E-state index in [0.717, 1.165) is 25.2 Å². The Hall–Kier alpha value is -3.49. The van der Waals surface area contributed by atoms with Crippen LogP contribution >= 0.6 is 0 Å². The number of benzene rings is 2. The van der Waals surface area contributed by atoms with Crippen molar-refractivity contribution in [2.75, 3.05) is 46.5 Å². The van der Waals surface area contributed by atoms with E-state index in [4.69, 9.17) is 9.47 Å². The molecule has 1 amide bonds. The van der Waals surface area contributed by atoms with Crippen molar-refractivity contribution in [1.82, 2.24) is 9.80 Å². The van der Waals surface area contributed by atoms with Gasteiger partial charge in [-0.3, -0.25) is 14.5 Å². The van der Waals surface area contributed by atoms with Crippen LogP contribution in [0.25, 0.3) is 5.76 Å². The standard InChI is InChI=1S/C27H30N2O6/c1-18-4-6-20(7-5-18)24(30)22-23(19-8-10-21(11-9-19)27(33)34-2)29(26(32)25(22)31)13-3-12-28-14-16-35-17-15-28/h4-11,23,30H,3,12-17H2,1-2H3/t23-/m1/s1. The van der Waals surface area contributed by atoms with Crippen LogP contribution in [0.3, 0.4) is 0 Å². The number of methoxy groups -OCH3 is 1. The Morgan fingerprint density at radius 2 is 1.63 bits per heavy atom. The van der Waals surface area contributed by atoms with Crippen molar-refractivity contribution in [2.24, 2.45) is 0 Å². The number of hydrogen-bond donors (Lipinski definition) is 1. The van der Waals surface area contributed by atoms with E-state index < -0.39 is 23.7 Å². The number of likely N-dealkylation sites (tertiary alicyclic amines) is 1. The summed E-state index contributed by atoms with van der Waals surface area (Å²) in [5, 5.41) is 11.1. The summed E-state index contributed by atoms with van der Waals surface area (Å²) in [7, 11) is 1.31. The molecule has 0 radical (unpaired) electrons. The molecule has 0 aliphatic carbocycles. The molecule has 0 spiro atoms. The molecule has 0 bridgehead atoms. The number of Topliss-reactive ketones (excluding diaryl/α,β-unsaturated/α-hetero) is 1. The molecule has 1 atom stereocenters. The number of esters is 1. The Labute approximate surface area is 204 Å². The van der Waals surface area contributed by atoms with Gasteiger partial charge in [-0.2, -0.15) is 0 Å². The van der Waals surface area contributed by atoms with Gasteiger partial charge < -0.3 is 19.5 Å². The van der Waals surface area contributed by atoms with Crippen molar-refractivity contribution in [3.8, 4) is 0 Å². The fraction of sp³-hybridized carbons (Fsp3) is 0.370. The first kappa shape index (κ1) is 24.6. The lowest BCUT2D eigenvalue weighted by Crippen LogP contribution is -2.39. The zero-order chi connectivity index (χ0) is 24.9. The molecular weight excluding hydrogens is 448 g/mol. The van der Waals surface area contributed by atoms with Gasteiger partial charge in [0.1, 0.15) is 5.76 Å². The van der Waals surface area contributed by atoms with Crippen molar-refractivity contribution in [1.29, 1.82) is 0 Å². The Bertz CT molecular complexity index is 1120. The van der Waals surface area contributed by atoms with Crippen LogP contribution in [0.1, 0.15) is 39.5 Å². The van der Waals surface area contributed by atoms with E-state index in [9.17, 15) is 19.5 Å². The van der Waals surface area contributed by atoms with Gasteiger partial charge >= 0.3 is 5.97 Å². The minimum absolute atomic E-state index is 0.0519. The topological polar surface area (TPSA) is 96.4 Å². The number of aliphatic hydroxyl groups is 1. The molecule has 2 aromatic rings. The third kappa shape index (κ3) is 5.28. The number of amides is 1. The van der Waals surface area contributed by atoms with Crippen molar-refractivity contribution >= 4 is 23.4 Å². The van der Waals surface area contributed by atoms with Crippen molar-refractivity contribution in [2.45, 2.75) is 19.4 Å². The fourth-order valence-electron chi connectivity index (χ4n) is 4.53. The van der Waals surface area contributed by atoms with Crippen LogP contribution < -0.4 is 0 Å². The predicted molar refractivity (Wildman–Crippen MR) is 130 cm³/mol. The quantitative estimate of drug-likeness (QED) is 0.283. The number of carbonyl (C=O) groups is 3. The van der Waals surface area contributed by atoms with Crippen LogP contribution in [-0.4, -0.2) is 79.1 Å². The number of ether oxygens (including phenoxy) is 2. The molecule has 0 saturated carbocycles. The highest BCUT2D eigenvalue weighted by molar-refractivity contribution is 6.46. The Balaban J connectivity index is 1.68. The molecule has 0 unspecified atom stereocenters. The van der Waals surface area contributed by atoms with Crippen LogP contribution in [0, 0.1) is 6.92 Å². The maximum absolute atomic E-state index is 13.2. The summed E-state index contributed by atoms with van der Waals surface area (Å²) in [6, 6.07) is 13.0. The van der Waals surface area contributed by atoms with E-state index in [1.54, 1.807) is 36.4 Å². The van der Waals surface area contributed by atoms with Crippen molar-refractivity contribution < 1.29 is 29.0 Å². The highest BCUT2D eigenvalue weighted by Gasteiger charge is 2.45. The smallest absolute Gasteiger partial charge is 0.337 e. The highest BCUT2D eigenvalue weighted by Crippen LogP contribution is 2.39. The van der Waals surface area contributed by atoms with Gasteiger partial charge in [-0.1, -0.05) is 42.0 Å². The van der Waals surface area contributed by atoms with Crippen LogP contribution in [0.5, 0.6) is 0 Å². The molecule has 8 nitrogen and oxygen atoms in total. The third-order valence-corrected chi connectivity index (χ3v) is 6.49. The van der Waals surface area contributed by atoms with Gasteiger partial charge in [0.05, 0.1) is 37.5 Å². The van der Waals surface area contributed by atoms with Gasteiger partial charge in [-0.15, -0.1) is 0 Å². The number of aryl methyl sites for hydroxylation is 1. The van der Waals surface area contributed by atoms with E-state index in [1.807, 2.05) is 19.1 Å². The van der Waals surface area contributed by atoms with E-state index >= 15 is 0 Å². The first-order valence-electron chi connectivity index (χ1n) is 11.7. The first-order chi connectivity index (χ1) is 16.9. The van der Waals surface area contributed by atoms with Crippen LogP contribution in [-0.2, 0) is 19.1 Å². The largest absolute Gasteiger partial charge is 0.507 e. The van der Waals surface area contributed by atoms with E-state index in [2.05, 4.69) is 4.90 Å². The van der Waals surface area contributed by atoms with Gasteiger partial charge in [0.2, 0.25) is 0 Å². The number of aliphatic hydroxyl groups excluding tert-OH is 1. The second-order valence-corrected chi connectivity index (χ2v) is 8.78. The zero-order valence-corrected chi connectivity index (χ0v) is 20.0. The summed E-state index contributed by atoms with van der Waals surface area (Å²) < 4.78 is 10.2. The molecule has 184 valence electrons. The number of morpholine rings is 1. The second-order valence-electron chi connectivity index (χ2n) is 8.78. The van der Waals surface area contributed by atoms with Gasteiger partial charge in [0, 0.05) is 31.7 Å². The molecular formula is C27H30N2O6. The number of hydrogen-bond acceptors (Lipinski definition) is 7. The van der Waals surface area contributed by atoms with Crippen LogP contribution in [0.15, 0.2) is 54.1 Å². The molecule has 2 aliphatic heterocycles. The molecule has 4 rings (SSSR count). The monoisotopic (exact) mass is 478 g/mol. The lowest BCUT2D eigenvalue weighted by atomic mass is 9.94. The average molecular weight is 479 g/mol. The fourth-order valence-corrected chi connectivity index (χ4v) is 4.53. The SMILES string of the molecule is COC(=O)c1ccc([C@@H]2C(=C(O)c3ccc(C)cc3)C(=O)C(=O)N2CCCN2CCOCC2)cc1. The third-order valence-electron chi connectivity index (χ3n) is 6.49. The van der Waals surface area contributed by atoms with Crippen LogP contribution in [0.4, 0.5) is 0 Å². The number of rotatable bonds is 7. The number of nitrogens with zero attached hydrogens (tertiary/aromatic N) is 2. The molecule has 1 N–H and O–H groups in total. The summed E-state index contributed by atoms with van der Waals surface area (Å²) in [6.07, 6.45) is 0.675. The van der Waals surface area contributed by atoms with Crippen molar-refractivity contribution in [3.63, 3.8) is 0 Å². The van der Waals surface area contributed by atoms with Crippen molar-refractivity contribution in [3.05, 3.63) is 76.4 Å². The summed E-state index contributed by atoms with van der Waals surface area (Å²) in [6.45, 7) is 6.12. The summed E-state index contributed by atoms with van der Waals surface area (Å²) in [4.78, 5) is 42.0. The Morgan fingerprint density at radius 3 is 2.26 bits per heavy atom. The van der Waals surface area contributed by atoms with Crippen LogP contribution in [0.2, 0.25) is 0 Å². The van der Waals surface area contributed by atoms with Gasteiger partial charge in [0.25, 0.3) is 11.7 Å². The minimum Gasteiger partial charge on any atom is -0.507 e. The Kier molecular flexibility index (Phi) is 7.63. The van der Waals surface area contributed by atoms with E-state index in [0.29, 0.717) is 42.9 Å². The van der Waals surface area contributed by atoms with Gasteiger partial charge in [-0.25, -0.2) is 4.79 Å². The summed E-state index contributed by atoms with van der Waals surface area (Å²) >= 11 is 0. The molecule has 2 saturated heterocycles. The van der Waals surface area contributed by atoms with Gasteiger partial charge in [0.15, 0.2) is 0 Å².